The predicted octanol–water partition coefficient (Wildman–Crippen LogP) is 2.82. The number of benzene rings is 1. The monoisotopic (exact) mass is 245 g/mol. The zero-order valence-corrected chi connectivity index (χ0v) is 9.38. The van der Waals surface area contributed by atoms with Crippen LogP contribution in [0.15, 0.2) is 24.3 Å². The zero-order chi connectivity index (χ0) is 9.84. The molecule has 1 nitrogen and oxygen atoms in total. The van der Waals surface area contributed by atoms with Gasteiger partial charge in [-0.2, -0.15) is 0 Å². The summed E-state index contributed by atoms with van der Waals surface area (Å²) in [4.78, 5) is 2.25. The fourth-order valence-electron chi connectivity index (χ4n) is 1.13. The number of halogens is 2. The molecular formula is C10H13BrFN. The molecule has 0 radical (unpaired) electrons. The van der Waals surface area contributed by atoms with Crippen LogP contribution in [-0.2, 0) is 0 Å². The molecule has 1 atom stereocenters. The number of hydrogen-bond donors (Lipinski definition) is 0. The Labute approximate surface area is 86.7 Å². The summed E-state index contributed by atoms with van der Waals surface area (Å²) in [5.74, 6) is -0.180. The maximum absolute atomic E-state index is 12.8. The molecule has 0 aromatic heterocycles. The lowest BCUT2D eigenvalue weighted by atomic mass is 10.1. The Kier molecular flexibility index (Phi) is 3.88. The number of hydrogen-bond acceptors (Lipinski definition) is 1. The minimum absolute atomic E-state index is 0.180. The summed E-state index contributed by atoms with van der Waals surface area (Å²) in [7, 11) is 3.99. The van der Waals surface area contributed by atoms with Gasteiger partial charge in [0.15, 0.2) is 0 Å². The molecule has 0 fully saturated rings. The Morgan fingerprint density at radius 2 is 2.15 bits per heavy atom. The summed E-state index contributed by atoms with van der Waals surface area (Å²) in [5.41, 5.74) is 0.980. The highest BCUT2D eigenvalue weighted by atomic mass is 79.9. The topological polar surface area (TPSA) is 3.24 Å². The average Bonchev–Trinajstić information content (AvgIpc) is 2.03. The zero-order valence-electron chi connectivity index (χ0n) is 7.80. The first kappa shape index (κ1) is 10.7. The third kappa shape index (κ3) is 3.44. The van der Waals surface area contributed by atoms with Gasteiger partial charge in [0, 0.05) is 6.54 Å². The second-order valence-corrected chi connectivity index (χ2v) is 4.39. The van der Waals surface area contributed by atoms with Crippen LogP contribution >= 0.6 is 15.9 Å². The summed E-state index contributed by atoms with van der Waals surface area (Å²) >= 11 is 3.51. The van der Waals surface area contributed by atoms with E-state index in [4.69, 9.17) is 0 Å². The van der Waals surface area contributed by atoms with E-state index in [1.54, 1.807) is 12.1 Å². The number of rotatable bonds is 3. The number of alkyl halides is 1. The number of nitrogens with zero attached hydrogens (tertiary/aromatic N) is 1. The SMILES string of the molecule is CN(C)CC(Br)c1cccc(F)c1. The highest BCUT2D eigenvalue weighted by Crippen LogP contribution is 2.23. The molecular weight excluding hydrogens is 233 g/mol. The third-order valence-electron chi connectivity index (χ3n) is 1.74. The smallest absolute Gasteiger partial charge is 0.123 e. The molecule has 0 aliphatic heterocycles. The van der Waals surface area contributed by atoms with Crippen LogP contribution in [0, 0.1) is 5.82 Å². The van der Waals surface area contributed by atoms with E-state index in [0.717, 1.165) is 12.1 Å². The molecule has 0 saturated carbocycles. The van der Waals surface area contributed by atoms with Crippen molar-refractivity contribution in [2.75, 3.05) is 20.6 Å². The standard InChI is InChI=1S/C10H13BrFN/c1-13(2)7-10(11)8-4-3-5-9(12)6-8/h3-6,10H,7H2,1-2H3. The van der Waals surface area contributed by atoms with Crippen molar-refractivity contribution in [3.05, 3.63) is 35.6 Å². The van der Waals surface area contributed by atoms with Crippen molar-refractivity contribution in [3.63, 3.8) is 0 Å². The summed E-state index contributed by atoms with van der Waals surface area (Å²) in [6.45, 7) is 0.865. The quantitative estimate of drug-likeness (QED) is 0.741. The van der Waals surface area contributed by atoms with Crippen LogP contribution < -0.4 is 0 Å². The lowest BCUT2D eigenvalue weighted by Crippen LogP contribution is -2.17. The molecule has 72 valence electrons. The van der Waals surface area contributed by atoms with Crippen LogP contribution in [0.25, 0.3) is 0 Å². The van der Waals surface area contributed by atoms with Gasteiger partial charge in [-0.05, 0) is 31.8 Å². The molecule has 0 amide bonds. The van der Waals surface area contributed by atoms with Gasteiger partial charge in [-0.3, -0.25) is 0 Å². The Balaban J connectivity index is 2.71. The van der Waals surface area contributed by atoms with Crippen molar-refractivity contribution >= 4 is 15.9 Å². The average molecular weight is 246 g/mol. The molecule has 1 rings (SSSR count). The fraction of sp³-hybridized carbons (Fsp3) is 0.400. The van der Waals surface area contributed by atoms with E-state index in [-0.39, 0.29) is 10.6 Å². The summed E-state index contributed by atoms with van der Waals surface area (Å²) in [5, 5.41) is 0. The molecule has 0 heterocycles. The molecule has 3 heteroatoms. The van der Waals surface area contributed by atoms with Crippen molar-refractivity contribution in [1.29, 1.82) is 0 Å². The van der Waals surface area contributed by atoms with Crippen molar-refractivity contribution < 1.29 is 4.39 Å². The minimum atomic E-state index is -0.180. The van der Waals surface area contributed by atoms with Crippen LogP contribution in [-0.4, -0.2) is 25.5 Å². The van der Waals surface area contributed by atoms with Crippen molar-refractivity contribution in [2.24, 2.45) is 0 Å². The summed E-state index contributed by atoms with van der Waals surface area (Å²) in [6.07, 6.45) is 0. The van der Waals surface area contributed by atoms with Gasteiger partial charge in [0.05, 0.1) is 4.83 Å². The third-order valence-corrected chi connectivity index (χ3v) is 2.55. The van der Waals surface area contributed by atoms with Crippen LogP contribution in [0.2, 0.25) is 0 Å². The second-order valence-electron chi connectivity index (χ2n) is 3.28. The van der Waals surface area contributed by atoms with Crippen LogP contribution in [0.3, 0.4) is 0 Å². The largest absolute Gasteiger partial charge is 0.308 e. The van der Waals surface area contributed by atoms with E-state index in [2.05, 4.69) is 20.8 Å². The molecule has 1 unspecified atom stereocenters. The maximum atomic E-state index is 12.8. The highest BCUT2D eigenvalue weighted by molar-refractivity contribution is 9.09. The minimum Gasteiger partial charge on any atom is -0.308 e. The van der Waals surface area contributed by atoms with Gasteiger partial charge in [-0.15, -0.1) is 0 Å². The summed E-state index contributed by atoms with van der Waals surface area (Å²) in [6, 6.07) is 6.67. The lowest BCUT2D eigenvalue weighted by molar-refractivity contribution is 0.412. The van der Waals surface area contributed by atoms with Gasteiger partial charge in [-0.1, -0.05) is 28.1 Å². The van der Waals surface area contributed by atoms with E-state index >= 15 is 0 Å². The van der Waals surface area contributed by atoms with Crippen molar-refractivity contribution in [1.82, 2.24) is 4.90 Å². The Morgan fingerprint density at radius 3 is 2.69 bits per heavy atom. The van der Waals surface area contributed by atoms with Crippen LogP contribution in [0.4, 0.5) is 4.39 Å². The molecule has 1 aromatic carbocycles. The Hall–Kier alpha value is -0.410. The van der Waals surface area contributed by atoms with Crippen molar-refractivity contribution in [2.45, 2.75) is 4.83 Å². The van der Waals surface area contributed by atoms with Gasteiger partial charge in [-0.25, -0.2) is 4.39 Å². The fourth-order valence-corrected chi connectivity index (χ4v) is 1.99. The Morgan fingerprint density at radius 1 is 1.46 bits per heavy atom. The predicted molar refractivity (Wildman–Crippen MR) is 56.6 cm³/mol. The Bertz CT molecular complexity index is 275. The molecule has 0 spiro atoms. The molecule has 1 aromatic rings. The first-order chi connectivity index (χ1) is 6.09. The molecule has 0 saturated heterocycles. The van der Waals surface area contributed by atoms with E-state index in [1.165, 1.54) is 6.07 Å². The first-order valence-electron chi connectivity index (χ1n) is 4.14. The molecule has 0 N–H and O–H groups in total. The highest BCUT2D eigenvalue weighted by Gasteiger charge is 2.08. The normalized spacial score (nSPS) is 13.3. The molecule has 0 aliphatic carbocycles. The summed E-state index contributed by atoms with van der Waals surface area (Å²) < 4.78 is 12.8. The van der Waals surface area contributed by atoms with E-state index in [1.807, 2.05) is 20.2 Å². The molecule has 13 heavy (non-hydrogen) atoms. The maximum Gasteiger partial charge on any atom is 0.123 e. The van der Waals surface area contributed by atoms with E-state index < -0.39 is 0 Å². The second kappa shape index (κ2) is 4.72. The van der Waals surface area contributed by atoms with Gasteiger partial charge in [0.2, 0.25) is 0 Å². The van der Waals surface area contributed by atoms with Crippen LogP contribution in [0.1, 0.15) is 10.4 Å². The van der Waals surface area contributed by atoms with E-state index in [0.29, 0.717) is 0 Å². The van der Waals surface area contributed by atoms with Gasteiger partial charge in [0.1, 0.15) is 5.82 Å². The molecule has 0 aliphatic rings. The van der Waals surface area contributed by atoms with Gasteiger partial charge >= 0.3 is 0 Å². The van der Waals surface area contributed by atoms with Crippen molar-refractivity contribution in [3.8, 4) is 0 Å². The molecule has 0 bridgehead atoms. The number of likely N-dealkylation sites (N-methyl/N-ethyl adjacent to an activating group) is 1. The van der Waals surface area contributed by atoms with Gasteiger partial charge in [0.25, 0.3) is 0 Å². The first-order valence-corrected chi connectivity index (χ1v) is 5.05. The van der Waals surface area contributed by atoms with Gasteiger partial charge < -0.3 is 4.90 Å². The van der Waals surface area contributed by atoms with Crippen LogP contribution in [0.5, 0.6) is 0 Å². The van der Waals surface area contributed by atoms with E-state index in [9.17, 15) is 4.39 Å². The lowest BCUT2D eigenvalue weighted by Gasteiger charge is -2.15.